The zero-order chi connectivity index (χ0) is 22.3. The zero-order valence-electron chi connectivity index (χ0n) is 18.3. The van der Waals surface area contributed by atoms with Crippen molar-refractivity contribution >= 4 is 23.4 Å². The lowest BCUT2D eigenvalue weighted by Crippen LogP contribution is -2.45. The Hall–Kier alpha value is -3.03. The number of amides is 3. The zero-order valence-corrected chi connectivity index (χ0v) is 18.3. The number of piperazine rings is 1. The Balaban J connectivity index is 1.18. The van der Waals surface area contributed by atoms with E-state index in [0.717, 1.165) is 45.0 Å². The minimum Gasteiger partial charge on any atom is -0.326 e. The molecule has 32 heavy (non-hydrogen) atoms. The number of hydrogen-bond acceptors (Lipinski definition) is 5. The summed E-state index contributed by atoms with van der Waals surface area (Å²) in [7, 11) is 0. The predicted molar refractivity (Wildman–Crippen MR) is 123 cm³/mol. The normalized spacial score (nSPS) is 17.7. The Morgan fingerprint density at radius 3 is 1.84 bits per heavy atom. The van der Waals surface area contributed by atoms with Crippen molar-refractivity contribution < 1.29 is 14.4 Å². The third-order valence-corrected chi connectivity index (χ3v) is 6.08. The Morgan fingerprint density at radius 1 is 0.750 bits per heavy atom. The van der Waals surface area contributed by atoms with Crippen molar-refractivity contribution in [3.8, 4) is 0 Å². The summed E-state index contributed by atoms with van der Waals surface area (Å²) >= 11 is 0. The molecule has 2 fully saturated rings. The van der Waals surface area contributed by atoms with E-state index in [1.165, 1.54) is 16.0 Å². The van der Waals surface area contributed by atoms with Gasteiger partial charge in [-0.1, -0.05) is 42.5 Å². The van der Waals surface area contributed by atoms with E-state index >= 15 is 0 Å². The van der Waals surface area contributed by atoms with Gasteiger partial charge >= 0.3 is 0 Å². The molecule has 4 rings (SSSR count). The predicted octanol–water partition coefficient (Wildman–Crippen LogP) is 2.48. The van der Waals surface area contributed by atoms with E-state index < -0.39 is 0 Å². The highest BCUT2D eigenvalue weighted by molar-refractivity contribution is 6.02. The number of carbonyl (C=O) groups excluding carboxylic acids is 3. The molecule has 2 heterocycles. The quantitative estimate of drug-likeness (QED) is 0.647. The van der Waals surface area contributed by atoms with Crippen LogP contribution in [0.3, 0.4) is 0 Å². The van der Waals surface area contributed by atoms with Crippen LogP contribution in [-0.4, -0.2) is 65.1 Å². The molecule has 0 aromatic heterocycles. The van der Waals surface area contributed by atoms with Crippen LogP contribution in [-0.2, 0) is 27.5 Å². The number of nitrogens with zero attached hydrogens (tertiary/aromatic N) is 3. The van der Waals surface area contributed by atoms with E-state index in [-0.39, 0.29) is 43.5 Å². The van der Waals surface area contributed by atoms with Crippen molar-refractivity contribution in [1.29, 1.82) is 0 Å². The molecule has 0 unspecified atom stereocenters. The summed E-state index contributed by atoms with van der Waals surface area (Å²) < 4.78 is 0. The number of rotatable bonds is 8. The first-order valence-electron chi connectivity index (χ1n) is 11.3. The minimum absolute atomic E-state index is 0.118. The smallest absolute Gasteiger partial charge is 0.229 e. The van der Waals surface area contributed by atoms with E-state index in [2.05, 4.69) is 45.4 Å². The van der Waals surface area contributed by atoms with Gasteiger partial charge in [-0.05, 0) is 23.3 Å². The summed E-state index contributed by atoms with van der Waals surface area (Å²) in [5, 5.41) is 2.85. The largest absolute Gasteiger partial charge is 0.326 e. The van der Waals surface area contributed by atoms with E-state index in [4.69, 9.17) is 0 Å². The van der Waals surface area contributed by atoms with Gasteiger partial charge in [-0.2, -0.15) is 0 Å². The molecule has 0 aliphatic carbocycles. The number of anilines is 1. The molecule has 7 heteroatoms. The van der Waals surface area contributed by atoms with Gasteiger partial charge in [0.25, 0.3) is 0 Å². The van der Waals surface area contributed by atoms with Gasteiger partial charge in [0, 0.05) is 70.8 Å². The Bertz CT molecular complexity index is 921. The summed E-state index contributed by atoms with van der Waals surface area (Å²) in [5.41, 5.74) is 3.30. The van der Waals surface area contributed by atoms with Crippen LogP contribution in [0, 0.1) is 0 Å². The Morgan fingerprint density at radius 2 is 1.28 bits per heavy atom. The van der Waals surface area contributed by atoms with Crippen LogP contribution in [0.5, 0.6) is 0 Å². The van der Waals surface area contributed by atoms with Crippen LogP contribution < -0.4 is 5.32 Å². The molecule has 168 valence electrons. The molecule has 0 radical (unpaired) electrons. The number of benzene rings is 2. The highest BCUT2D eigenvalue weighted by atomic mass is 16.2. The number of hydrogen-bond donors (Lipinski definition) is 1. The minimum atomic E-state index is -0.195. The maximum Gasteiger partial charge on any atom is 0.229 e. The Kier molecular flexibility index (Phi) is 7.29. The second-order valence-electron chi connectivity index (χ2n) is 8.47. The van der Waals surface area contributed by atoms with E-state index in [9.17, 15) is 14.4 Å². The summed E-state index contributed by atoms with van der Waals surface area (Å²) in [4.78, 5) is 41.6. The van der Waals surface area contributed by atoms with Crippen molar-refractivity contribution in [2.75, 3.05) is 38.0 Å². The lowest BCUT2D eigenvalue weighted by atomic mass is 10.1. The molecular weight excluding hydrogens is 404 g/mol. The highest BCUT2D eigenvalue weighted by Gasteiger charge is 2.28. The second-order valence-corrected chi connectivity index (χ2v) is 8.47. The molecule has 2 saturated heterocycles. The first kappa shape index (κ1) is 22.2. The average molecular weight is 435 g/mol. The van der Waals surface area contributed by atoms with Gasteiger partial charge in [-0.25, -0.2) is 0 Å². The highest BCUT2D eigenvalue weighted by Crippen LogP contribution is 2.15. The van der Waals surface area contributed by atoms with E-state index in [1.54, 1.807) is 0 Å². The molecular formula is C25H30N4O3. The maximum absolute atomic E-state index is 12.2. The van der Waals surface area contributed by atoms with Gasteiger partial charge < -0.3 is 5.32 Å². The first-order valence-corrected chi connectivity index (χ1v) is 11.3. The third-order valence-electron chi connectivity index (χ3n) is 6.08. The van der Waals surface area contributed by atoms with Crippen LogP contribution in [0.4, 0.5) is 5.69 Å². The van der Waals surface area contributed by atoms with Crippen LogP contribution in [0.15, 0.2) is 54.6 Å². The molecule has 3 amide bonds. The molecule has 1 N–H and O–H groups in total. The van der Waals surface area contributed by atoms with Crippen LogP contribution >= 0.6 is 0 Å². The van der Waals surface area contributed by atoms with Crippen LogP contribution in [0.1, 0.15) is 30.4 Å². The lowest BCUT2D eigenvalue weighted by Gasteiger charge is -2.34. The summed E-state index contributed by atoms with van der Waals surface area (Å²) in [6.07, 6.45) is 0.625. The molecule has 2 aliphatic heterocycles. The standard InChI is InChI=1S/C25H30N4O3/c30-23(12-13-29-24(31)10-11-25(29)32)26-22-8-6-21(7-9-22)19-28-16-14-27(15-17-28)18-20-4-2-1-3-5-20/h1-9H,10-19H2,(H,26,30). The third kappa shape index (κ3) is 6.02. The van der Waals surface area contributed by atoms with Gasteiger partial charge in [-0.3, -0.25) is 29.1 Å². The van der Waals surface area contributed by atoms with Crippen molar-refractivity contribution in [2.45, 2.75) is 32.4 Å². The molecule has 0 spiro atoms. The summed E-state index contributed by atoms with van der Waals surface area (Å²) in [6.45, 7) is 6.25. The van der Waals surface area contributed by atoms with Crippen LogP contribution in [0.25, 0.3) is 0 Å². The van der Waals surface area contributed by atoms with Gasteiger partial charge in [0.05, 0.1) is 0 Å². The van der Waals surface area contributed by atoms with Crippen molar-refractivity contribution in [1.82, 2.24) is 14.7 Å². The SMILES string of the molecule is O=C(CCN1C(=O)CCC1=O)Nc1ccc(CN2CCN(Cc3ccccc3)CC2)cc1. The lowest BCUT2D eigenvalue weighted by molar-refractivity contribution is -0.138. The maximum atomic E-state index is 12.2. The first-order chi connectivity index (χ1) is 15.6. The average Bonchev–Trinajstić information content (AvgIpc) is 3.13. The number of imide groups is 1. The van der Waals surface area contributed by atoms with Crippen molar-refractivity contribution in [3.63, 3.8) is 0 Å². The van der Waals surface area contributed by atoms with Crippen LogP contribution in [0.2, 0.25) is 0 Å². The number of carbonyl (C=O) groups is 3. The fourth-order valence-electron chi connectivity index (χ4n) is 4.21. The van der Waals surface area contributed by atoms with E-state index in [0.29, 0.717) is 0 Å². The monoisotopic (exact) mass is 434 g/mol. The molecule has 2 aromatic carbocycles. The van der Waals surface area contributed by atoms with Gasteiger partial charge in [0.15, 0.2) is 0 Å². The van der Waals surface area contributed by atoms with E-state index in [1.807, 2.05) is 24.3 Å². The summed E-state index contributed by atoms with van der Waals surface area (Å²) in [6, 6.07) is 18.5. The molecule has 0 saturated carbocycles. The topological polar surface area (TPSA) is 73.0 Å². The van der Waals surface area contributed by atoms with Gasteiger partial charge in [0.1, 0.15) is 0 Å². The second kappa shape index (κ2) is 10.5. The molecule has 2 aliphatic rings. The molecule has 7 nitrogen and oxygen atoms in total. The molecule has 2 aromatic rings. The van der Waals surface area contributed by atoms with Gasteiger partial charge in [0.2, 0.25) is 17.7 Å². The summed E-state index contributed by atoms with van der Waals surface area (Å²) in [5.74, 6) is -0.569. The molecule has 0 bridgehead atoms. The number of nitrogens with one attached hydrogen (secondary N) is 1. The van der Waals surface area contributed by atoms with Crippen molar-refractivity contribution in [3.05, 3.63) is 65.7 Å². The van der Waals surface area contributed by atoms with Crippen molar-refractivity contribution in [2.24, 2.45) is 0 Å². The Labute approximate surface area is 189 Å². The fraction of sp³-hybridized carbons (Fsp3) is 0.400. The van der Waals surface area contributed by atoms with Gasteiger partial charge in [-0.15, -0.1) is 0 Å². The number of likely N-dealkylation sites (tertiary alicyclic amines) is 1. The fourth-order valence-corrected chi connectivity index (χ4v) is 4.21. The molecule has 0 atom stereocenters.